The largest absolute Gasteiger partial charge is 0.426 e. The summed E-state index contributed by atoms with van der Waals surface area (Å²) >= 11 is 0. The molecule has 0 atom stereocenters. The molecule has 14 heavy (non-hydrogen) atoms. The summed E-state index contributed by atoms with van der Waals surface area (Å²) in [6.45, 7) is 0. The average molecular weight is 197 g/mol. The van der Waals surface area contributed by atoms with Gasteiger partial charge in [0.15, 0.2) is 0 Å². The molecule has 0 spiro atoms. The maximum Gasteiger partial charge on any atom is 0.318 e. The normalized spacial score (nSPS) is 11.1. The standard InChI is InChI=1S/C9H11NO4/c10-9(12,13)6-8(11)14-7-4-2-1-3-5-7/h1-5,12-13H,6,10H2. The van der Waals surface area contributed by atoms with E-state index in [1.807, 2.05) is 0 Å². The van der Waals surface area contributed by atoms with Crippen LogP contribution in [0.2, 0.25) is 0 Å². The SMILES string of the molecule is NC(O)(O)CC(=O)Oc1ccccc1. The Hall–Kier alpha value is -1.43. The van der Waals surface area contributed by atoms with Crippen molar-refractivity contribution in [3.8, 4) is 5.75 Å². The fourth-order valence-corrected chi connectivity index (χ4v) is 0.868. The van der Waals surface area contributed by atoms with Crippen LogP contribution in [0.15, 0.2) is 30.3 Å². The van der Waals surface area contributed by atoms with Gasteiger partial charge in [0.1, 0.15) is 12.2 Å². The van der Waals surface area contributed by atoms with Gasteiger partial charge in [-0.05, 0) is 12.1 Å². The van der Waals surface area contributed by atoms with Gasteiger partial charge in [0.05, 0.1) is 0 Å². The van der Waals surface area contributed by atoms with Crippen LogP contribution >= 0.6 is 0 Å². The Balaban J connectivity index is 2.50. The number of hydrogen-bond donors (Lipinski definition) is 3. The minimum absolute atomic E-state index is 0.335. The quantitative estimate of drug-likeness (QED) is 0.347. The minimum atomic E-state index is -2.52. The number of hydrogen-bond acceptors (Lipinski definition) is 5. The monoisotopic (exact) mass is 197 g/mol. The molecule has 1 aromatic rings. The molecule has 0 heterocycles. The van der Waals surface area contributed by atoms with E-state index < -0.39 is 18.3 Å². The summed E-state index contributed by atoms with van der Waals surface area (Å²) in [5, 5.41) is 17.4. The zero-order valence-electron chi connectivity index (χ0n) is 7.38. The van der Waals surface area contributed by atoms with Crippen molar-refractivity contribution in [2.45, 2.75) is 12.3 Å². The van der Waals surface area contributed by atoms with Crippen molar-refractivity contribution in [1.29, 1.82) is 0 Å². The third-order valence-corrected chi connectivity index (χ3v) is 1.38. The average Bonchev–Trinajstić information content (AvgIpc) is 2.02. The molecule has 0 aliphatic heterocycles. The summed E-state index contributed by atoms with van der Waals surface area (Å²) in [4.78, 5) is 11.0. The van der Waals surface area contributed by atoms with E-state index in [0.717, 1.165) is 0 Å². The third-order valence-electron chi connectivity index (χ3n) is 1.38. The molecular weight excluding hydrogens is 186 g/mol. The van der Waals surface area contributed by atoms with E-state index in [1.54, 1.807) is 30.3 Å². The predicted molar refractivity (Wildman–Crippen MR) is 48.1 cm³/mol. The summed E-state index contributed by atoms with van der Waals surface area (Å²) in [6, 6.07) is 8.30. The van der Waals surface area contributed by atoms with E-state index in [1.165, 1.54) is 0 Å². The molecule has 1 aromatic carbocycles. The molecule has 5 heteroatoms. The second-order valence-corrected chi connectivity index (χ2v) is 2.84. The lowest BCUT2D eigenvalue weighted by Gasteiger charge is -2.13. The van der Waals surface area contributed by atoms with E-state index in [9.17, 15) is 4.79 Å². The lowest BCUT2D eigenvalue weighted by Crippen LogP contribution is -2.42. The lowest BCUT2D eigenvalue weighted by molar-refractivity contribution is -0.176. The van der Waals surface area contributed by atoms with Crippen LogP contribution < -0.4 is 10.5 Å². The Labute approximate surface area is 80.7 Å². The van der Waals surface area contributed by atoms with E-state index in [-0.39, 0.29) is 0 Å². The van der Waals surface area contributed by atoms with Crippen molar-refractivity contribution in [2.24, 2.45) is 5.73 Å². The van der Waals surface area contributed by atoms with Gasteiger partial charge >= 0.3 is 5.97 Å². The van der Waals surface area contributed by atoms with Crippen molar-refractivity contribution in [3.05, 3.63) is 30.3 Å². The summed E-state index contributed by atoms with van der Waals surface area (Å²) in [7, 11) is 0. The van der Waals surface area contributed by atoms with Crippen LogP contribution in [-0.4, -0.2) is 22.1 Å². The predicted octanol–water partition coefficient (Wildman–Crippen LogP) is -0.421. The summed E-state index contributed by atoms with van der Waals surface area (Å²) in [5.74, 6) is -2.99. The summed E-state index contributed by atoms with van der Waals surface area (Å²) in [6.07, 6.45) is -0.679. The molecule has 4 N–H and O–H groups in total. The number of ether oxygens (including phenoxy) is 1. The number of carbonyl (C=O) groups excluding carboxylic acids is 1. The molecule has 0 unspecified atom stereocenters. The van der Waals surface area contributed by atoms with Gasteiger partial charge in [-0.25, -0.2) is 0 Å². The van der Waals surface area contributed by atoms with Gasteiger partial charge in [-0.2, -0.15) is 0 Å². The van der Waals surface area contributed by atoms with E-state index in [2.05, 4.69) is 0 Å². The first-order chi connectivity index (χ1) is 6.47. The maximum absolute atomic E-state index is 11.0. The van der Waals surface area contributed by atoms with Crippen LogP contribution in [0.5, 0.6) is 5.75 Å². The molecule has 0 saturated carbocycles. The second-order valence-electron chi connectivity index (χ2n) is 2.84. The molecule has 5 nitrogen and oxygen atoms in total. The van der Waals surface area contributed by atoms with Gasteiger partial charge in [0.25, 0.3) is 0 Å². The molecule has 0 bridgehead atoms. The number of nitrogens with two attached hydrogens (primary N) is 1. The van der Waals surface area contributed by atoms with E-state index in [4.69, 9.17) is 20.7 Å². The topological polar surface area (TPSA) is 92.8 Å². The highest BCUT2D eigenvalue weighted by molar-refractivity contribution is 5.73. The van der Waals surface area contributed by atoms with Crippen molar-refractivity contribution in [2.75, 3.05) is 0 Å². The number of esters is 1. The molecule has 0 aliphatic carbocycles. The maximum atomic E-state index is 11.0. The third kappa shape index (κ3) is 3.99. The van der Waals surface area contributed by atoms with Crippen LogP contribution in [0.3, 0.4) is 0 Å². The van der Waals surface area contributed by atoms with Gasteiger partial charge in [-0.15, -0.1) is 0 Å². The highest BCUT2D eigenvalue weighted by atomic mass is 16.6. The molecule has 0 radical (unpaired) electrons. The Kier molecular flexibility index (Phi) is 3.19. The van der Waals surface area contributed by atoms with Gasteiger partial charge < -0.3 is 14.9 Å². The smallest absolute Gasteiger partial charge is 0.318 e. The molecule has 0 aromatic heterocycles. The van der Waals surface area contributed by atoms with Crippen LogP contribution in [0.1, 0.15) is 6.42 Å². The number of carbonyl (C=O) groups is 1. The summed E-state index contributed by atoms with van der Waals surface area (Å²) in [5.41, 5.74) is 4.80. The zero-order valence-corrected chi connectivity index (χ0v) is 7.38. The van der Waals surface area contributed by atoms with E-state index in [0.29, 0.717) is 5.75 Å². The molecule has 0 aliphatic rings. The first-order valence-electron chi connectivity index (χ1n) is 3.97. The Morgan fingerprint density at radius 2 is 1.93 bits per heavy atom. The van der Waals surface area contributed by atoms with Crippen LogP contribution in [0, 0.1) is 0 Å². The van der Waals surface area contributed by atoms with Crippen LogP contribution in [0.25, 0.3) is 0 Å². The second kappa shape index (κ2) is 4.19. The Morgan fingerprint density at radius 1 is 1.36 bits per heavy atom. The van der Waals surface area contributed by atoms with Crippen LogP contribution in [0.4, 0.5) is 0 Å². The molecule has 0 saturated heterocycles. The van der Waals surface area contributed by atoms with Crippen molar-refractivity contribution >= 4 is 5.97 Å². The van der Waals surface area contributed by atoms with Gasteiger partial charge in [0.2, 0.25) is 5.91 Å². The minimum Gasteiger partial charge on any atom is -0.426 e. The van der Waals surface area contributed by atoms with E-state index >= 15 is 0 Å². The molecule has 76 valence electrons. The lowest BCUT2D eigenvalue weighted by atomic mass is 10.3. The number of aliphatic hydroxyl groups is 2. The van der Waals surface area contributed by atoms with Crippen molar-refractivity contribution in [3.63, 3.8) is 0 Å². The zero-order chi connectivity index (χ0) is 10.6. The van der Waals surface area contributed by atoms with Gasteiger partial charge in [0, 0.05) is 0 Å². The van der Waals surface area contributed by atoms with Crippen molar-refractivity contribution < 1.29 is 19.7 Å². The molecular formula is C9H11NO4. The highest BCUT2D eigenvalue weighted by Gasteiger charge is 2.22. The number of rotatable bonds is 3. The Bertz CT molecular complexity index is 304. The molecule has 1 rings (SSSR count). The van der Waals surface area contributed by atoms with Crippen LogP contribution in [-0.2, 0) is 4.79 Å². The first-order valence-corrected chi connectivity index (χ1v) is 3.97. The number of para-hydroxylation sites is 1. The highest BCUT2D eigenvalue weighted by Crippen LogP contribution is 2.10. The van der Waals surface area contributed by atoms with Gasteiger partial charge in [-0.1, -0.05) is 18.2 Å². The number of benzene rings is 1. The van der Waals surface area contributed by atoms with Crippen molar-refractivity contribution in [1.82, 2.24) is 0 Å². The first kappa shape index (κ1) is 10.6. The Morgan fingerprint density at radius 3 is 2.43 bits per heavy atom. The summed E-state index contributed by atoms with van der Waals surface area (Å²) < 4.78 is 4.75. The fraction of sp³-hybridized carbons (Fsp3) is 0.222. The van der Waals surface area contributed by atoms with Gasteiger partial charge in [-0.3, -0.25) is 10.5 Å². The molecule has 0 amide bonds. The molecule has 0 fully saturated rings. The fourth-order valence-electron chi connectivity index (χ4n) is 0.868.